The Labute approximate surface area is 136 Å². The van der Waals surface area contributed by atoms with Gasteiger partial charge in [-0.05, 0) is 31.6 Å². The van der Waals surface area contributed by atoms with Crippen LogP contribution >= 0.6 is 0 Å². The van der Waals surface area contributed by atoms with Gasteiger partial charge in [0.15, 0.2) is 0 Å². The second kappa shape index (κ2) is 6.06. The number of ether oxygens (including phenoxy) is 2. The van der Waals surface area contributed by atoms with E-state index in [-0.39, 0.29) is 29.4 Å². The lowest BCUT2D eigenvalue weighted by atomic mass is 9.89. The van der Waals surface area contributed by atoms with E-state index in [2.05, 4.69) is 5.32 Å². The highest BCUT2D eigenvalue weighted by Crippen LogP contribution is 2.34. The Morgan fingerprint density at radius 2 is 2.17 bits per heavy atom. The summed E-state index contributed by atoms with van der Waals surface area (Å²) in [5.41, 5.74) is -0.195. The lowest BCUT2D eigenvalue weighted by Gasteiger charge is -2.37. The Morgan fingerprint density at radius 1 is 1.30 bits per heavy atom. The molecule has 3 aliphatic heterocycles. The van der Waals surface area contributed by atoms with E-state index in [1.165, 1.54) is 12.8 Å². The average molecular weight is 322 g/mol. The summed E-state index contributed by atoms with van der Waals surface area (Å²) in [7, 11) is 0. The molecule has 3 atom stereocenters. The molecule has 1 saturated carbocycles. The summed E-state index contributed by atoms with van der Waals surface area (Å²) < 4.78 is 11.4. The van der Waals surface area contributed by atoms with Gasteiger partial charge in [0.05, 0.1) is 18.1 Å². The van der Waals surface area contributed by atoms with Gasteiger partial charge in [0.1, 0.15) is 0 Å². The Kier molecular flexibility index (Phi) is 4.05. The molecule has 3 heterocycles. The smallest absolute Gasteiger partial charge is 0.225 e. The monoisotopic (exact) mass is 322 g/mol. The van der Waals surface area contributed by atoms with Crippen molar-refractivity contribution >= 4 is 11.8 Å². The van der Waals surface area contributed by atoms with Crippen molar-refractivity contribution in [3.63, 3.8) is 0 Å². The molecule has 128 valence electrons. The molecule has 6 heteroatoms. The van der Waals surface area contributed by atoms with Crippen LogP contribution in [-0.2, 0) is 19.1 Å². The van der Waals surface area contributed by atoms with Crippen LogP contribution in [0, 0.1) is 11.8 Å². The van der Waals surface area contributed by atoms with Crippen molar-refractivity contribution in [2.75, 3.05) is 32.9 Å². The average Bonchev–Trinajstić information content (AvgIpc) is 3.12. The third kappa shape index (κ3) is 3.38. The Hall–Kier alpha value is -1.14. The number of hydrogen-bond acceptors (Lipinski definition) is 4. The van der Waals surface area contributed by atoms with Crippen LogP contribution in [0.15, 0.2) is 0 Å². The molecular formula is C17H26N2O4. The van der Waals surface area contributed by atoms with E-state index in [4.69, 9.17) is 9.47 Å². The van der Waals surface area contributed by atoms with E-state index in [1.54, 1.807) is 0 Å². The van der Waals surface area contributed by atoms with E-state index in [9.17, 15) is 9.59 Å². The van der Waals surface area contributed by atoms with Crippen LogP contribution in [0.5, 0.6) is 0 Å². The highest BCUT2D eigenvalue weighted by Gasteiger charge is 2.43. The van der Waals surface area contributed by atoms with Crippen LogP contribution in [0.4, 0.5) is 0 Å². The van der Waals surface area contributed by atoms with Gasteiger partial charge in [-0.1, -0.05) is 0 Å². The first-order chi connectivity index (χ1) is 11.1. The molecule has 2 amide bonds. The number of carbonyl (C=O) groups excluding carboxylic acids is 2. The maximum atomic E-state index is 12.5. The zero-order chi connectivity index (χ0) is 15.9. The van der Waals surface area contributed by atoms with Crippen molar-refractivity contribution in [3.05, 3.63) is 0 Å². The second-order valence-electron chi connectivity index (χ2n) is 7.68. The first-order valence-corrected chi connectivity index (χ1v) is 8.93. The molecule has 1 aliphatic carbocycles. The second-order valence-corrected chi connectivity index (χ2v) is 7.68. The van der Waals surface area contributed by atoms with E-state index < -0.39 is 0 Å². The zero-order valence-electron chi connectivity index (χ0n) is 13.6. The quantitative estimate of drug-likeness (QED) is 0.827. The SMILES string of the molecule is O=C(N[C@@H]1CCO[C@@]2(CCOC2)C1)[C@@H]1CC(=O)N(CC2CC2)C1. The van der Waals surface area contributed by atoms with Crippen LogP contribution in [0.25, 0.3) is 0 Å². The highest BCUT2D eigenvalue weighted by molar-refractivity contribution is 5.89. The molecular weight excluding hydrogens is 296 g/mol. The lowest BCUT2D eigenvalue weighted by Crippen LogP contribution is -2.50. The largest absolute Gasteiger partial charge is 0.378 e. The maximum Gasteiger partial charge on any atom is 0.225 e. The summed E-state index contributed by atoms with van der Waals surface area (Å²) in [4.78, 5) is 26.5. The molecule has 4 aliphatic rings. The summed E-state index contributed by atoms with van der Waals surface area (Å²) in [6, 6.07) is 0.144. The van der Waals surface area contributed by atoms with Crippen LogP contribution in [0.1, 0.15) is 38.5 Å². The minimum absolute atomic E-state index is 0.0395. The predicted molar refractivity (Wildman–Crippen MR) is 82.7 cm³/mol. The summed E-state index contributed by atoms with van der Waals surface area (Å²) >= 11 is 0. The van der Waals surface area contributed by atoms with Gasteiger partial charge in [0.2, 0.25) is 11.8 Å². The molecule has 6 nitrogen and oxygen atoms in total. The number of carbonyl (C=O) groups is 2. The first-order valence-electron chi connectivity index (χ1n) is 8.93. The van der Waals surface area contributed by atoms with Gasteiger partial charge in [-0.25, -0.2) is 0 Å². The minimum Gasteiger partial charge on any atom is -0.378 e. The highest BCUT2D eigenvalue weighted by atomic mass is 16.6. The molecule has 1 N–H and O–H groups in total. The maximum absolute atomic E-state index is 12.5. The lowest BCUT2D eigenvalue weighted by molar-refractivity contribution is -0.130. The minimum atomic E-state index is -0.195. The number of hydrogen-bond donors (Lipinski definition) is 1. The fourth-order valence-electron chi connectivity index (χ4n) is 4.07. The third-order valence-electron chi connectivity index (χ3n) is 5.67. The van der Waals surface area contributed by atoms with E-state index in [0.717, 1.165) is 32.4 Å². The Balaban J connectivity index is 1.30. The molecule has 0 radical (unpaired) electrons. The van der Waals surface area contributed by atoms with Gasteiger partial charge in [-0.3, -0.25) is 9.59 Å². The number of amides is 2. The van der Waals surface area contributed by atoms with E-state index in [1.807, 2.05) is 4.90 Å². The molecule has 3 saturated heterocycles. The van der Waals surface area contributed by atoms with Crippen molar-refractivity contribution in [1.29, 1.82) is 0 Å². The van der Waals surface area contributed by atoms with E-state index >= 15 is 0 Å². The number of rotatable bonds is 4. The van der Waals surface area contributed by atoms with Crippen molar-refractivity contribution < 1.29 is 19.1 Å². The molecule has 0 aromatic rings. The standard InChI is InChI=1S/C17H26N2O4/c20-15-7-13(10-19(15)9-12-1-2-12)16(21)18-14-3-5-23-17(8-14)4-6-22-11-17/h12-14H,1-11H2,(H,18,21)/t13-,14-,17+/m1/s1. The van der Waals surface area contributed by atoms with Gasteiger partial charge in [0, 0.05) is 45.2 Å². The molecule has 0 bridgehead atoms. The zero-order valence-corrected chi connectivity index (χ0v) is 13.6. The van der Waals surface area contributed by atoms with Crippen molar-refractivity contribution in [3.8, 4) is 0 Å². The predicted octanol–water partition coefficient (Wildman–Crippen LogP) is 0.699. The van der Waals surface area contributed by atoms with Crippen LogP contribution in [0.3, 0.4) is 0 Å². The summed E-state index contributed by atoms with van der Waals surface area (Å²) in [5.74, 6) is 0.681. The molecule has 23 heavy (non-hydrogen) atoms. The van der Waals surface area contributed by atoms with Crippen LogP contribution in [-0.4, -0.2) is 61.3 Å². The molecule has 1 spiro atoms. The molecule has 0 unspecified atom stereocenters. The fraction of sp³-hybridized carbons (Fsp3) is 0.882. The topological polar surface area (TPSA) is 67.9 Å². The molecule has 4 rings (SSSR count). The Bertz CT molecular complexity index is 485. The number of nitrogens with one attached hydrogen (secondary N) is 1. The Morgan fingerprint density at radius 3 is 2.91 bits per heavy atom. The van der Waals surface area contributed by atoms with Gasteiger partial charge < -0.3 is 19.7 Å². The fourth-order valence-corrected chi connectivity index (χ4v) is 4.07. The molecule has 0 aromatic heterocycles. The normalized spacial score (nSPS) is 37.6. The number of likely N-dealkylation sites (tertiary alicyclic amines) is 1. The summed E-state index contributed by atoms with van der Waals surface area (Å²) in [6.45, 7) is 3.50. The van der Waals surface area contributed by atoms with Crippen molar-refractivity contribution in [2.24, 2.45) is 11.8 Å². The molecule has 4 fully saturated rings. The van der Waals surface area contributed by atoms with Gasteiger partial charge in [0.25, 0.3) is 0 Å². The number of nitrogens with zero attached hydrogens (tertiary/aromatic N) is 1. The van der Waals surface area contributed by atoms with E-state index in [0.29, 0.717) is 32.1 Å². The first kappa shape index (κ1) is 15.4. The summed E-state index contributed by atoms with van der Waals surface area (Å²) in [5, 5.41) is 3.17. The van der Waals surface area contributed by atoms with Crippen molar-refractivity contribution in [1.82, 2.24) is 10.2 Å². The third-order valence-corrected chi connectivity index (χ3v) is 5.67. The van der Waals surface area contributed by atoms with Crippen LogP contribution < -0.4 is 5.32 Å². The van der Waals surface area contributed by atoms with Crippen LogP contribution in [0.2, 0.25) is 0 Å². The van der Waals surface area contributed by atoms with Crippen molar-refractivity contribution in [2.45, 2.75) is 50.2 Å². The van der Waals surface area contributed by atoms with Gasteiger partial charge >= 0.3 is 0 Å². The van der Waals surface area contributed by atoms with Gasteiger partial charge in [-0.15, -0.1) is 0 Å². The summed E-state index contributed by atoms with van der Waals surface area (Å²) in [6.07, 6.45) is 5.41. The van der Waals surface area contributed by atoms with Gasteiger partial charge in [-0.2, -0.15) is 0 Å². The molecule has 0 aromatic carbocycles.